The van der Waals surface area contributed by atoms with E-state index in [1.54, 1.807) is 30.5 Å². The van der Waals surface area contributed by atoms with Gasteiger partial charge in [-0.05, 0) is 30.2 Å². The number of carbonyl (C=O) groups excluding carboxylic acids is 1. The molecule has 22 heavy (non-hydrogen) atoms. The molecule has 0 unspecified atom stereocenters. The van der Waals surface area contributed by atoms with E-state index in [0.29, 0.717) is 33.8 Å². The van der Waals surface area contributed by atoms with E-state index in [1.807, 2.05) is 13.8 Å². The molecule has 0 saturated heterocycles. The summed E-state index contributed by atoms with van der Waals surface area (Å²) in [5.74, 6) is 0.258. The van der Waals surface area contributed by atoms with Gasteiger partial charge in [0.2, 0.25) is 0 Å². The minimum Gasteiger partial charge on any atom is -0.354 e. The van der Waals surface area contributed by atoms with Crippen LogP contribution in [-0.2, 0) is 0 Å². The normalized spacial score (nSPS) is 10.6. The molecule has 1 aromatic carbocycles. The number of carbonyl (C=O) groups is 1. The summed E-state index contributed by atoms with van der Waals surface area (Å²) in [5, 5.41) is 6.96. The van der Waals surface area contributed by atoms with E-state index in [4.69, 9.17) is 23.2 Å². The summed E-state index contributed by atoms with van der Waals surface area (Å²) < 4.78 is 0. The lowest BCUT2D eigenvalue weighted by Crippen LogP contribution is -2.27. The maximum absolute atomic E-state index is 12.0. The minimum atomic E-state index is -0.140. The largest absolute Gasteiger partial charge is 0.354 e. The van der Waals surface area contributed by atoms with E-state index < -0.39 is 0 Å². The Morgan fingerprint density at radius 1 is 1.14 bits per heavy atom. The maximum atomic E-state index is 12.0. The van der Waals surface area contributed by atoms with E-state index in [1.165, 1.54) is 6.20 Å². The molecule has 2 N–H and O–H groups in total. The zero-order valence-corrected chi connectivity index (χ0v) is 13.9. The van der Waals surface area contributed by atoms with Gasteiger partial charge in [0.15, 0.2) is 0 Å². The van der Waals surface area contributed by atoms with Gasteiger partial charge in [0.05, 0.1) is 27.5 Å². The van der Waals surface area contributed by atoms with E-state index in [9.17, 15) is 4.79 Å². The van der Waals surface area contributed by atoms with Crippen LogP contribution in [0.2, 0.25) is 10.0 Å². The maximum Gasteiger partial charge on any atom is 0.252 e. The third-order valence-electron chi connectivity index (χ3n) is 2.88. The van der Waals surface area contributed by atoms with Crippen LogP contribution >= 0.6 is 23.2 Å². The highest BCUT2D eigenvalue weighted by molar-refractivity contribution is 6.42. The fraction of sp³-hybridized carbons (Fsp3) is 0.250. The van der Waals surface area contributed by atoms with Crippen molar-refractivity contribution >= 4 is 40.5 Å². The number of hydrogen-bond donors (Lipinski definition) is 2. The second-order valence-corrected chi connectivity index (χ2v) is 6.13. The van der Waals surface area contributed by atoms with Crippen LogP contribution in [0.15, 0.2) is 36.7 Å². The van der Waals surface area contributed by atoms with Crippen LogP contribution in [0.3, 0.4) is 0 Å². The van der Waals surface area contributed by atoms with Crippen molar-refractivity contribution in [1.29, 1.82) is 0 Å². The van der Waals surface area contributed by atoms with Crippen molar-refractivity contribution in [3.8, 4) is 0 Å². The Labute approximate surface area is 139 Å². The number of nitrogens with zero attached hydrogens (tertiary/aromatic N) is 1. The molecule has 0 aliphatic rings. The molecular formula is C16H17Cl2N3O. The molecule has 1 aromatic heterocycles. The minimum absolute atomic E-state index is 0.140. The SMILES string of the molecule is CC(C)CNC(=O)c1cncc(Nc2ccc(Cl)c(Cl)c2)c1. The molecule has 0 saturated carbocycles. The number of hydrogen-bond acceptors (Lipinski definition) is 3. The zero-order valence-electron chi connectivity index (χ0n) is 12.4. The molecule has 0 aliphatic carbocycles. The van der Waals surface area contributed by atoms with E-state index in [0.717, 1.165) is 5.69 Å². The van der Waals surface area contributed by atoms with Crippen molar-refractivity contribution in [3.63, 3.8) is 0 Å². The van der Waals surface area contributed by atoms with Crippen LogP contribution < -0.4 is 10.6 Å². The average molecular weight is 338 g/mol. The lowest BCUT2D eigenvalue weighted by atomic mass is 10.2. The Kier molecular flexibility index (Phi) is 5.63. The molecule has 116 valence electrons. The summed E-state index contributed by atoms with van der Waals surface area (Å²) in [6.45, 7) is 4.71. The number of aromatic nitrogens is 1. The lowest BCUT2D eigenvalue weighted by molar-refractivity contribution is 0.0948. The number of halogens is 2. The molecule has 2 aromatic rings. The standard InChI is InChI=1S/C16H17Cl2N3O/c1-10(2)7-20-16(22)11-5-13(9-19-8-11)21-12-3-4-14(17)15(18)6-12/h3-6,8-10,21H,7H2,1-2H3,(H,20,22). The van der Waals surface area contributed by atoms with E-state index in [2.05, 4.69) is 15.6 Å². The molecule has 0 bridgehead atoms. The summed E-state index contributed by atoms with van der Waals surface area (Å²) in [5.41, 5.74) is 1.98. The molecule has 0 radical (unpaired) electrons. The van der Waals surface area contributed by atoms with Crippen molar-refractivity contribution < 1.29 is 4.79 Å². The topological polar surface area (TPSA) is 54.0 Å². The number of amides is 1. The van der Waals surface area contributed by atoms with Gasteiger partial charge in [0.1, 0.15) is 0 Å². The van der Waals surface area contributed by atoms with Crippen molar-refractivity contribution in [3.05, 3.63) is 52.3 Å². The van der Waals surface area contributed by atoms with Crippen molar-refractivity contribution in [1.82, 2.24) is 10.3 Å². The summed E-state index contributed by atoms with van der Waals surface area (Å²) in [4.78, 5) is 16.1. The fourth-order valence-corrected chi connectivity index (χ4v) is 2.07. The first-order valence-corrected chi connectivity index (χ1v) is 7.66. The van der Waals surface area contributed by atoms with Gasteiger partial charge >= 0.3 is 0 Å². The fourth-order valence-electron chi connectivity index (χ4n) is 1.77. The third kappa shape index (κ3) is 4.61. The molecular weight excluding hydrogens is 321 g/mol. The first kappa shape index (κ1) is 16.6. The number of anilines is 2. The smallest absolute Gasteiger partial charge is 0.252 e. The number of pyridine rings is 1. The summed E-state index contributed by atoms with van der Waals surface area (Å²) >= 11 is 11.9. The van der Waals surface area contributed by atoms with Crippen LogP contribution in [-0.4, -0.2) is 17.4 Å². The third-order valence-corrected chi connectivity index (χ3v) is 3.62. The number of rotatable bonds is 5. The highest BCUT2D eigenvalue weighted by Crippen LogP contribution is 2.26. The van der Waals surface area contributed by atoms with Gasteiger partial charge in [-0.1, -0.05) is 37.0 Å². The first-order valence-electron chi connectivity index (χ1n) is 6.91. The zero-order chi connectivity index (χ0) is 16.1. The molecule has 2 rings (SSSR count). The summed E-state index contributed by atoms with van der Waals surface area (Å²) in [6, 6.07) is 6.97. The van der Waals surface area contributed by atoms with Crippen LogP contribution in [0.25, 0.3) is 0 Å². The Morgan fingerprint density at radius 2 is 1.91 bits per heavy atom. The van der Waals surface area contributed by atoms with Crippen molar-refractivity contribution in [2.75, 3.05) is 11.9 Å². The van der Waals surface area contributed by atoms with E-state index in [-0.39, 0.29) is 5.91 Å². The van der Waals surface area contributed by atoms with Gasteiger partial charge in [0, 0.05) is 18.4 Å². The van der Waals surface area contributed by atoms with Gasteiger partial charge in [-0.3, -0.25) is 9.78 Å². The Morgan fingerprint density at radius 3 is 2.59 bits per heavy atom. The second kappa shape index (κ2) is 7.47. The van der Waals surface area contributed by atoms with Crippen LogP contribution in [0.1, 0.15) is 24.2 Å². The number of benzene rings is 1. The monoisotopic (exact) mass is 337 g/mol. The first-order chi connectivity index (χ1) is 10.5. The van der Waals surface area contributed by atoms with Gasteiger partial charge in [-0.25, -0.2) is 0 Å². The highest BCUT2D eigenvalue weighted by atomic mass is 35.5. The average Bonchev–Trinajstić information content (AvgIpc) is 2.49. The summed E-state index contributed by atoms with van der Waals surface area (Å²) in [7, 11) is 0. The van der Waals surface area contributed by atoms with Crippen molar-refractivity contribution in [2.45, 2.75) is 13.8 Å². The van der Waals surface area contributed by atoms with Gasteiger partial charge in [-0.15, -0.1) is 0 Å². The molecule has 0 atom stereocenters. The molecule has 0 aliphatic heterocycles. The molecule has 1 heterocycles. The van der Waals surface area contributed by atoms with Crippen LogP contribution in [0, 0.1) is 5.92 Å². The lowest BCUT2D eigenvalue weighted by Gasteiger charge is -2.10. The molecule has 0 fully saturated rings. The van der Waals surface area contributed by atoms with Crippen LogP contribution in [0.5, 0.6) is 0 Å². The Hall–Kier alpha value is -1.78. The molecule has 1 amide bonds. The predicted octanol–water partition coefficient (Wildman–Crippen LogP) is 4.52. The van der Waals surface area contributed by atoms with Gasteiger partial charge in [0.25, 0.3) is 5.91 Å². The Bertz CT molecular complexity index is 674. The van der Waals surface area contributed by atoms with Gasteiger partial charge in [-0.2, -0.15) is 0 Å². The second-order valence-electron chi connectivity index (χ2n) is 5.32. The number of nitrogens with one attached hydrogen (secondary N) is 2. The van der Waals surface area contributed by atoms with Crippen LogP contribution in [0.4, 0.5) is 11.4 Å². The predicted molar refractivity (Wildman–Crippen MR) is 91.2 cm³/mol. The quantitative estimate of drug-likeness (QED) is 0.843. The Balaban J connectivity index is 2.10. The van der Waals surface area contributed by atoms with Gasteiger partial charge < -0.3 is 10.6 Å². The van der Waals surface area contributed by atoms with E-state index >= 15 is 0 Å². The van der Waals surface area contributed by atoms with Crippen molar-refractivity contribution in [2.24, 2.45) is 5.92 Å². The molecule has 0 spiro atoms. The molecule has 6 heteroatoms. The molecule has 4 nitrogen and oxygen atoms in total. The summed E-state index contributed by atoms with van der Waals surface area (Å²) in [6.07, 6.45) is 3.18. The highest BCUT2D eigenvalue weighted by Gasteiger charge is 2.08.